The van der Waals surface area contributed by atoms with Gasteiger partial charge in [-0.2, -0.15) is 0 Å². The molecule has 0 aromatic carbocycles. The lowest BCUT2D eigenvalue weighted by Gasteiger charge is -2.14. The molecule has 4 rings (SSSR count). The minimum Gasteiger partial charge on any atom is -0.395 e. The average molecular weight is 352 g/mol. The third-order valence-corrected chi connectivity index (χ3v) is 4.86. The SMILES string of the molecule is OCCNCc1nccc(Nc2cc3c(ccn3C3CCCC3)cn2)n1. The van der Waals surface area contributed by atoms with E-state index < -0.39 is 0 Å². The van der Waals surface area contributed by atoms with Gasteiger partial charge in [-0.3, -0.25) is 0 Å². The van der Waals surface area contributed by atoms with Gasteiger partial charge >= 0.3 is 0 Å². The quantitative estimate of drug-likeness (QED) is 0.567. The number of anilines is 2. The van der Waals surface area contributed by atoms with Crippen LogP contribution in [0, 0.1) is 0 Å². The van der Waals surface area contributed by atoms with Crippen molar-refractivity contribution in [2.45, 2.75) is 38.3 Å². The van der Waals surface area contributed by atoms with Gasteiger partial charge in [0.25, 0.3) is 0 Å². The Morgan fingerprint density at radius 3 is 2.88 bits per heavy atom. The summed E-state index contributed by atoms with van der Waals surface area (Å²) in [5.74, 6) is 2.17. The normalized spacial score (nSPS) is 15.0. The third-order valence-electron chi connectivity index (χ3n) is 4.86. The fourth-order valence-corrected chi connectivity index (χ4v) is 3.58. The van der Waals surface area contributed by atoms with Crippen molar-refractivity contribution in [3.63, 3.8) is 0 Å². The van der Waals surface area contributed by atoms with Crippen LogP contribution in [-0.4, -0.2) is 37.8 Å². The molecule has 0 bridgehead atoms. The molecule has 26 heavy (non-hydrogen) atoms. The lowest BCUT2D eigenvalue weighted by molar-refractivity contribution is 0.291. The van der Waals surface area contributed by atoms with Crippen molar-refractivity contribution in [3.05, 3.63) is 42.6 Å². The Hall–Kier alpha value is -2.51. The van der Waals surface area contributed by atoms with E-state index in [0.717, 1.165) is 5.82 Å². The number of aliphatic hydroxyl groups excluding tert-OH is 1. The van der Waals surface area contributed by atoms with Crippen molar-refractivity contribution in [1.29, 1.82) is 0 Å². The fraction of sp³-hybridized carbons (Fsp3) is 0.421. The van der Waals surface area contributed by atoms with Gasteiger partial charge in [0, 0.05) is 42.6 Å². The van der Waals surface area contributed by atoms with Gasteiger partial charge in [-0.15, -0.1) is 0 Å². The molecular weight excluding hydrogens is 328 g/mol. The van der Waals surface area contributed by atoms with E-state index in [4.69, 9.17) is 5.11 Å². The van der Waals surface area contributed by atoms with Crippen LogP contribution in [0.3, 0.4) is 0 Å². The summed E-state index contributed by atoms with van der Waals surface area (Å²) < 4.78 is 2.39. The molecule has 0 amide bonds. The van der Waals surface area contributed by atoms with Gasteiger partial charge in [0.15, 0.2) is 0 Å². The van der Waals surface area contributed by atoms with Crippen LogP contribution in [0.4, 0.5) is 11.6 Å². The number of fused-ring (bicyclic) bond motifs is 1. The first-order valence-electron chi connectivity index (χ1n) is 9.20. The number of rotatable bonds is 7. The van der Waals surface area contributed by atoms with E-state index in [1.54, 1.807) is 6.20 Å². The summed E-state index contributed by atoms with van der Waals surface area (Å²) in [6, 6.07) is 6.67. The number of hydrogen-bond acceptors (Lipinski definition) is 6. The summed E-state index contributed by atoms with van der Waals surface area (Å²) in [6.07, 6.45) is 11.0. The molecule has 0 aliphatic heterocycles. The second-order valence-electron chi connectivity index (χ2n) is 6.67. The van der Waals surface area contributed by atoms with Gasteiger partial charge in [-0.25, -0.2) is 15.0 Å². The van der Waals surface area contributed by atoms with Crippen LogP contribution >= 0.6 is 0 Å². The molecule has 0 atom stereocenters. The Balaban J connectivity index is 1.53. The summed E-state index contributed by atoms with van der Waals surface area (Å²) >= 11 is 0. The predicted octanol–water partition coefficient (Wildman–Crippen LogP) is 2.77. The van der Waals surface area contributed by atoms with Gasteiger partial charge in [-0.1, -0.05) is 12.8 Å². The number of pyridine rings is 1. The van der Waals surface area contributed by atoms with Crippen LogP contribution < -0.4 is 10.6 Å². The van der Waals surface area contributed by atoms with Crippen LogP contribution in [0.2, 0.25) is 0 Å². The van der Waals surface area contributed by atoms with Crippen LogP contribution in [0.1, 0.15) is 37.5 Å². The summed E-state index contributed by atoms with van der Waals surface area (Å²) in [7, 11) is 0. The molecule has 3 aromatic rings. The van der Waals surface area contributed by atoms with Crippen molar-refractivity contribution in [3.8, 4) is 0 Å². The highest BCUT2D eigenvalue weighted by atomic mass is 16.3. The predicted molar refractivity (Wildman–Crippen MR) is 101 cm³/mol. The topological polar surface area (TPSA) is 87.9 Å². The molecule has 1 fully saturated rings. The minimum atomic E-state index is 0.0997. The van der Waals surface area contributed by atoms with Gasteiger partial charge in [0.2, 0.25) is 0 Å². The highest BCUT2D eigenvalue weighted by Gasteiger charge is 2.18. The van der Waals surface area contributed by atoms with Gasteiger partial charge < -0.3 is 20.3 Å². The second kappa shape index (κ2) is 7.80. The summed E-state index contributed by atoms with van der Waals surface area (Å²) in [6.45, 7) is 1.15. The maximum absolute atomic E-state index is 8.84. The van der Waals surface area contributed by atoms with E-state index in [9.17, 15) is 0 Å². The molecule has 0 unspecified atom stereocenters. The van der Waals surface area contributed by atoms with Gasteiger partial charge in [-0.05, 0) is 25.0 Å². The summed E-state index contributed by atoms with van der Waals surface area (Å²) in [5.41, 5.74) is 1.22. The van der Waals surface area contributed by atoms with Crippen molar-refractivity contribution >= 4 is 22.5 Å². The van der Waals surface area contributed by atoms with E-state index in [1.165, 1.54) is 36.6 Å². The first kappa shape index (κ1) is 16.9. The van der Waals surface area contributed by atoms with Crippen molar-refractivity contribution < 1.29 is 5.11 Å². The smallest absolute Gasteiger partial charge is 0.144 e. The monoisotopic (exact) mass is 352 g/mol. The molecule has 3 N–H and O–H groups in total. The van der Waals surface area contributed by atoms with Crippen LogP contribution in [0.5, 0.6) is 0 Å². The number of aromatic nitrogens is 4. The zero-order valence-electron chi connectivity index (χ0n) is 14.7. The Labute approximate surface area is 152 Å². The lowest BCUT2D eigenvalue weighted by Crippen LogP contribution is -2.19. The van der Waals surface area contributed by atoms with E-state index in [1.807, 2.05) is 12.3 Å². The number of hydrogen-bond donors (Lipinski definition) is 3. The highest BCUT2D eigenvalue weighted by Crippen LogP contribution is 2.33. The number of aliphatic hydroxyl groups is 1. The molecule has 136 valence electrons. The molecule has 0 spiro atoms. The van der Waals surface area contributed by atoms with Gasteiger partial charge in [0.1, 0.15) is 17.5 Å². The zero-order chi connectivity index (χ0) is 17.8. The second-order valence-corrected chi connectivity index (χ2v) is 6.67. The van der Waals surface area contributed by atoms with Crippen LogP contribution in [0.25, 0.3) is 10.9 Å². The van der Waals surface area contributed by atoms with E-state index in [-0.39, 0.29) is 6.61 Å². The molecule has 0 saturated heterocycles. The third kappa shape index (κ3) is 3.68. The largest absolute Gasteiger partial charge is 0.395 e. The molecule has 3 aromatic heterocycles. The van der Waals surface area contributed by atoms with E-state index in [2.05, 4.69) is 48.5 Å². The fourth-order valence-electron chi connectivity index (χ4n) is 3.58. The highest BCUT2D eigenvalue weighted by molar-refractivity contribution is 5.82. The number of nitrogens with zero attached hydrogens (tertiary/aromatic N) is 4. The summed E-state index contributed by atoms with van der Waals surface area (Å²) in [5, 5.41) is 16.4. The zero-order valence-corrected chi connectivity index (χ0v) is 14.7. The van der Waals surface area contributed by atoms with Crippen molar-refractivity contribution in [1.82, 2.24) is 24.8 Å². The average Bonchev–Trinajstić information content (AvgIpc) is 3.31. The molecular formula is C19H24N6O. The Bertz CT molecular complexity index is 871. The van der Waals surface area contributed by atoms with Crippen molar-refractivity contribution in [2.24, 2.45) is 0 Å². The van der Waals surface area contributed by atoms with E-state index in [0.29, 0.717) is 30.8 Å². The first-order chi connectivity index (χ1) is 12.8. The van der Waals surface area contributed by atoms with Crippen LogP contribution in [0.15, 0.2) is 36.8 Å². The molecule has 1 aliphatic rings. The maximum atomic E-state index is 8.84. The maximum Gasteiger partial charge on any atom is 0.144 e. The lowest BCUT2D eigenvalue weighted by atomic mass is 10.2. The van der Waals surface area contributed by atoms with Crippen LogP contribution in [-0.2, 0) is 6.54 Å². The molecule has 7 heteroatoms. The summed E-state index contributed by atoms with van der Waals surface area (Å²) in [4.78, 5) is 13.2. The Morgan fingerprint density at radius 1 is 1.15 bits per heavy atom. The standard InChI is InChI=1S/C19H24N6O/c26-10-8-20-13-19-21-7-5-17(24-19)23-18-11-16-14(12-22-18)6-9-25(16)15-3-1-2-4-15/h5-7,9,11-12,15,20,26H,1-4,8,10,13H2,(H,21,22,23,24). The first-order valence-corrected chi connectivity index (χ1v) is 9.20. The minimum absolute atomic E-state index is 0.0997. The molecule has 7 nitrogen and oxygen atoms in total. The molecule has 1 saturated carbocycles. The van der Waals surface area contributed by atoms with E-state index >= 15 is 0 Å². The number of nitrogens with one attached hydrogen (secondary N) is 2. The van der Waals surface area contributed by atoms with Gasteiger partial charge in [0.05, 0.1) is 18.7 Å². The Kier molecular flexibility index (Phi) is 5.08. The molecule has 0 radical (unpaired) electrons. The Morgan fingerprint density at radius 2 is 2.04 bits per heavy atom. The van der Waals surface area contributed by atoms with Crippen molar-refractivity contribution in [2.75, 3.05) is 18.5 Å². The molecule has 1 aliphatic carbocycles. The molecule has 3 heterocycles.